The summed E-state index contributed by atoms with van der Waals surface area (Å²) in [5.74, 6) is 0.498. The van der Waals surface area contributed by atoms with Gasteiger partial charge in [0.15, 0.2) is 5.78 Å². The molecule has 0 atom stereocenters. The fourth-order valence-electron chi connectivity index (χ4n) is 2.52. The van der Waals surface area contributed by atoms with Crippen molar-refractivity contribution in [2.75, 3.05) is 6.61 Å². The number of carbonyl (C=O) groups excluding carboxylic acids is 1. The first-order valence-corrected chi connectivity index (χ1v) is 8.43. The van der Waals surface area contributed by atoms with Crippen LogP contribution in [-0.2, 0) is 6.18 Å². The van der Waals surface area contributed by atoms with Gasteiger partial charge in [0.2, 0.25) is 0 Å². The minimum absolute atomic E-state index is 0.0103. The van der Waals surface area contributed by atoms with E-state index in [-0.39, 0.29) is 30.3 Å². The molecule has 0 saturated carbocycles. The average Bonchev–Trinajstić information content (AvgIpc) is 2.69. The van der Waals surface area contributed by atoms with Crippen LogP contribution in [-0.4, -0.2) is 22.5 Å². The molecule has 0 saturated heterocycles. The lowest BCUT2D eigenvalue weighted by molar-refractivity contribution is -0.137. The van der Waals surface area contributed by atoms with Crippen LogP contribution < -0.4 is 4.74 Å². The molecule has 1 heterocycles. The molecule has 0 spiro atoms. The van der Waals surface area contributed by atoms with E-state index in [4.69, 9.17) is 9.84 Å². The lowest BCUT2D eigenvalue weighted by atomic mass is 10.1. The molecular weight excluding hydrogens is 371 g/mol. The number of benzene rings is 2. The maximum absolute atomic E-state index is 12.6. The van der Waals surface area contributed by atoms with E-state index in [9.17, 15) is 18.0 Å². The molecule has 3 aromatic rings. The van der Waals surface area contributed by atoms with Crippen molar-refractivity contribution in [3.05, 3.63) is 78.0 Å². The van der Waals surface area contributed by atoms with E-state index in [2.05, 4.69) is 4.98 Å². The second-order valence-electron chi connectivity index (χ2n) is 5.95. The smallest absolute Gasteiger partial charge is 0.416 e. The minimum atomic E-state index is -4.39. The number of hydrogen-bond donors (Lipinski definition) is 1. The first kappa shape index (κ1) is 19.6. The van der Waals surface area contributed by atoms with Gasteiger partial charge >= 0.3 is 6.18 Å². The van der Waals surface area contributed by atoms with Gasteiger partial charge in [0.05, 0.1) is 17.9 Å². The number of carbonyl (C=O) groups is 1. The molecule has 0 aliphatic heterocycles. The maximum atomic E-state index is 12.6. The number of ketones is 1. The normalized spacial score (nSPS) is 11.3. The SMILES string of the molecule is O=C(CCO)c1cccc(-c2ccc(Oc3ccc(C(F)(F)F)cc3)cc2)n1. The fourth-order valence-corrected chi connectivity index (χ4v) is 2.52. The number of aliphatic hydroxyl groups is 1. The molecule has 7 heteroatoms. The number of rotatable bonds is 6. The summed E-state index contributed by atoms with van der Waals surface area (Å²) in [6.07, 6.45) is -4.38. The molecule has 4 nitrogen and oxygen atoms in total. The lowest BCUT2D eigenvalue weighted by Gasteiger charge is -2.09. The number of hydrogen-bond acceptors (Lipinski definition) is 4. The van der Waals surface area contributed by atoms with E-state index < -0.39 is 11.7 Å². The third kappa shape index (κ3) is 4.75. The van der Waals surface area contributed by atoms with Gasteiger partial charge in [0, 0.05) is 12.0 Å². The summed E-state index contributed by atoms with van der Waals surface area (Å²) in [5.41, 5.74) is 0.872. The highest BCUT2D eigenvalue weighted by Crippen LogP contribution is 2.31. The average molecular weight is 387 g/mol. The monoisotopic (exact) mass is 387 g/mol. The number of nitrogens with zero attached hydrogens (tertiary/aromatic N) is 1. The van der Waals surface area contributed by atoms with Gasteiger partial charge in [-0.15, -0.1) is 0 Å². The van der Waals surface area contributed by atoms with Gasteiger partial charge in [-0.1, -0.05) is 6.07 Å². The zero-order chi connectivity index (χ0) is 20.1. The van der Waals surface area contributed by atoms with Gasteiger partial charge in [-0.3, -0.25) is 4.79 Å². The molecule has 144 valence electrons. The summed E-state index contributed by atoms with van der Waals surface area (Å²) < 4.78 is 43.3. The molecule has 28 heavy (non-hydrogen) atoms. The molecule has 0 radical (unpaired) electrons. The van der Waals surface area contributed by atoms with Crippen molar-refractivity contribution < 1.29 is 27.8 Å². The Bertz CT molecular complexity index is 952. The molecule has 3 rings (SSSR count). The first-order valence-electron chi connectivity index (χ1n) is 8.43. The van der Waals surface area contributed by atoms with Crippen LogP contribution in [0.3, 0.4) is 0 Å². The molecule has 0 fully saturated rings. The Morgan fingerprint density at radius 3 is 2.11 bits per heavy atom. The van der Waals surface area contributed by atoms with Gasteiger partial charge < -0.3 is 9.84 Å². The number of pyridine rings is 1. The second kappa shape index (κ2) is 8.22. The van der Waals surface area contributed by atoms with Gasteiger partial charge in [-0.25, -0.2) is 4.98 Å². The molecule has 0 unspecified atom stereocenters. The Labute approximate surface area is 159 Å². The van der Waals surface area contributed by atoms with Gasteiger partial charge in [-0.2, -0.15) is 13.2 Å². The van der Waals surface area contributed by atoms with Crippen LogP contribution >= 0.6 is 0 Å². The summed E-state index contributed by atoms with van der Waals surface area (Å²) in [4.78, 5) is 16.2. The zero-order valence-corrected chi connectivity index (χ0v) is 14.6. The Morgan fingerprint density at radius 2 is 1.54 bits per heavy atom. The van der Waals surface area contributed by atoms with Crippen LogP contribution in [0.15, 0.2) is 66.7 Å². The Hall–Kier alpha value is -3.19. The van der Waals surface area contributed by atoms with Crippen molar-refractivity contribution in [1.82, 2.24) is 4.98 Å². The number of alkyl halides is 3. The van der Waals surface area contributed by atoms with Crippen LogP contribution in [0.1, 0.15) is 22.5 Å². The van der Waals surface area contributed by atoms with Crippen LogP contribution in [0.25, 0.3) is 11.3 Å². The van der Waals surface area contributed by atoms with Gasteiger partial charge in [-0.05, 0) is 60.7 Å². The summed E-state index contributed by atoms with van der Waals surface area (Å²) >= 11 is 0. The van der Waals surface area contributed by atoms with Crippen molar-refractivity contribution in [3.63, 3.8) is 0 Å². The number of aromatic nitrogens is 1. The standard InChI is InChI=1S/C21H16F3NO3/c22-21(23,24)15-6-10-17(11-7-15)28-16-8-4-14(5-9-16)18-2-1-3-19(25-18)20(27)12-13-26/h1-11,26H,12-13H2. The molecule has 2 aromatic carbocycles. The third-order valence-corrected chi connectivity index (χ3v) is 3.94. The highest BCUT2D eigenvalue weighted by atomic mass is 19.4. The summed E-state index contributed by atoms with van der Waals surface area (Å²) in [5, 5.41) is 8.87. The number of halogens is 3. The highest BCUT2D eigenvalue weighted by Gasteiger charge is 2.30. The van der Waals surface area contributed by atoms with Crippen molar-refractivity contribution in [1.29, 1.82) is 0 Å². The Morgan fingerprint density at radius 1 is 0.929 bits per heavy atom. The van der Waals surface area contributed by atoms with Crippen molar-refractivity contribution >= 4 is 5.78 Å². The molecule has 1 N–H and O–H groups in total. The number of Topliss-reactive ketones (excluding diaryl/α,β-unsaturated/α-hetero) is 1. The van der Waals surface area contributed by atoms with Crippen LogP contribution in [0.4, 0.5) is 13.2 Å². The second-order valence-corrected chi connectivity index (χ2v) is 5.95. The number of aliphatic hydroxyl groups excluding tert-OH is 1. The van der Waals surface area contributed by atoms with Gasteiger partial charge in [0.1, 0.15) is 17.2 Å². The van der Waals surface area contributed by atoms with Crippen LogP contribution in [0, 0.1) is 0 Å². The Balaban J connectivity index is 1.73. The predicted octanol–water partition coefficient (Wildman–Crippen LogP) is 5.12. The van der Waals surface area contributed by atoms with Gasteiger partial charge in [0.25, 0.3) is 0 Å². The highest BCUT2D eigenvalue weighted by molar-refractivity contribution is 5.94. The van der Waals surface area contributed by atoms with Crippen molar-refractivity contribution in [2.24, 2.45) is 0 Å². The fraction of sp³-hybridized carbons (Fsp3) is 0.143. The van der Waals surface area contributed by atoms with E-state index in [1.54, 1.807) is 42.5 Å². The quantitative estimate of drug-likeness (QED) is 0.596. The largest absolute Gasteiger partial charge is 0.457 e. The Kier molecular flexibility index (Phi) is 5.75. The third-order valence-electron chi connectivity index (χ3n) is 3.94. The lowest BCUT2D eigenvalue weighted by Crippen LogP contribution is -2.04. The predicted molar refractivity (Wildman–Crippen MR) is 97.2 cm³/mol. The van der Waals surface area contributed by atoms with E-state index in [1.807, 2.05) is 0 Å². The topological polar surface area (TPSA) is 59.4 Å². The first-order chi connectivity index (χ1) is 13.4. The van der Waals surface area contributed by atoms with E-state index in [1.165, 1.54) is 12.1 Å². The van der Waals surface area contributed by atoms with Crippen molar-refractivity contribution in [3.8, 4) is 22.8 Å². The molecule has 1 aromatic heterocycles. The molecule has 0 bridgehead atoms. The maximum Gasteiger partial charge on any atom is 0.416 e. The number of ether oxygens (including phenoxy) is 1. The molecule has 0 aliphatic carbocycles. The van der Waals surface area contributed by atoms with E-state index in [0.717, 1.165) is 17.7 Å². The van der Waals surface area contributed by atoms with Crippen LogP contribution in [0.2, 0.25) is 0 Å². The van der Waals surface area contributed by atoms with E-state index >= 15 is 0 Å². The summed E-state index contributed by atoms with van der Waals surface area (Å²) in [6.45, 7) is -0.235. The molecule has 0 amide bonds. The molecule has 0 aliphatic rings. The molecular formula is C21H16F3NO3. The summed E-state index contributed by atoms with van der Waals surface area (Å²) in [6, 6.07) is 16.3. The van der Waals surface area contributed by atoms with E-state index in [0.29, 0.717) is 11.4 Å². The zero-order valence-electron chi connectivity index (χ0n) is 14.6. The van der Waals surface area contributed by atoms with Crippen molar-refractivity contribution in [2.45, 2.75) is 12.6 Å². The van der Waals surface area contributed by atoms with Crippen LogP contribution in [0.5, 0.6) is 11.5 Å². The summed E-state index contributed by atoms with van der Waals surface area (Å²) in [7, 11) is 0. The minimum Gasteiger partial charge on any atom is -0.457 e.